The van der Waals surface area contributed by atoms with Gasteiger partial charge in [-0.2, -0.15) is 0 Å². The highest BCUT2D eigenvalue weighted by Crippen LogP contribution is 2.12. The standard InChI is InChI=1S/C16H18N2O/c1-3-18(12-15-8-5-4-7-13(15)2)16(19)14-9-6-10-17-11-14/h4-11H,3,12H2,1-2H3. The van der Waals surface area contributed by atoms with Gasteiger partial charge in [0.25, 0.3) is 5.91 Å². The summed E-state index contributed by atoms with van der Waals surface area (Å²) >= 11 is 0. The van der Waals surface area contributed by atoms with Crippen LogP contribution < -0.4 is 0 Å². The minimum atomic E-state index is 0.0267. The average Bonchev–Trinajstić information content (AvgIpc) is 2.47. The zero-order valence-electron chi connectivity index (χ0n) is 11.3. The van der Waals surface area contributed by atoms with Gasteiger partial charge < -0.3 is 4.90 Å². The van der Waals surface area contributed by atoms with Crippen molar-refractivity contribution in [3.63, 3.8) is 0 Å². The van der Waals surface area contributed by atoms with Crippen LogP contribution in [-0.2, 0) is 6.54 Å². The lowest BCUT2D eigenvalue weighted by molar-refractivity contribution is 0.0752. The number of pyridine rings is 1. The van der Waals surface area contributed by atoms with Crippen LogP contribution in [0.25, 0.3) is 0 Å². The third kappa shape index (κ3) is 3.19. The molecule has 0 fully saturated rings. The highest BCUT2D eigenvalue weighted by atomic mass is 16.2. The van der Waals surface area contributed by atoms with Crippen molar-refractivity contribution < 1.29 is 4.79 Å². The Labute approximate surface area is 113 Å². The van der Waals surface area contributed by atoms with Gasteiger partial charge in [0, 0.05) is 25.5 Å². The molecule has 19 heavy (non-hydrogen) atoms. The Bertz CT molecular complexity index is 552. The van der Waals surface area contributed by atoms with Gasteiger partial charge >= 0.3 is 0 Å². The SMILES string of the molecule is CCN(Cc1ccccc1C)C(=O)c1cccnc1. The molecule has 2 aromatic rings. The molecule has 2 rings (SSSR count). The maximum atomic E-state index is 12.4. The lowest BCUT2D eigenvalue weighted by Gasteiger charge is -2.21. The summed E-state index contributed by atoms with van der Waals surface area (Å²) in [4.78, 5) is 18.2. The van der Waals surface area contributed by atoms with Gasteiger partial charge in [-0.1, -0.05) is 24.3 Å². The van der Waals surface area contributed by atoms with Crippen LogP contribution in [0.2, 0.25) is 0 Å². The van der Waals surface area contributed by atoms with Gasteiger partial charge in [-0.3, -0.25) is 9.78 Å². The van der Waals surface area contributed by atoms with Gasteiger partial charge in [-0.15, -0.1) is 0 Å². The highest BCUT2D eigenvalue weighted by Gasteiger charge is 2.15. The van der Waals surface area contributed by atoms with Gasteiger partial charge in [0.05, 0.1) is 5.56 Å². The van der Waals surface area contributed by atoms with E-state index in [4.69, 9.17) is 0 Å². The lowest BCUT2D eigenvalue weighted by atomic mass is 10.1. The molecule has 1 amide bonds. The predicted octanol–water partition coefficient (Wildman–Crippen LogP) is 3.05. The predicted molar refractivity (Wildman–Crippen MR) is 75.8 cm³/mol. The first-order chi connectivity index (χ1) is 9.22. The normalized spacial score (nSPS) is 10.2. The molecule has 0 atom stereocenters. The maximum absolute atomic E-state index is 12.4. The minimum Gasteiger partial charge on any atom is -0.335 e. The van der Waals surface area contributed by atoms with Crippen LogP contribution in [0.1, 0.15) is 28.4 Å². The van der Waals surface area contributed by atoms with Gasteiger partial charge in [0.2, 0.25) is 0 Å². The average molecular weight is 254 g/mol. The van der Waals surface area contributed by atoms with Crippen molar-refractivity contribution in [1.82, 2.24) is 9.88 Å². The van der Waals surface area contributed by atoms with Gasteiger partial charge in [-0.05, 0) is 37.1 Å². The smallest absolute Gasteiger partial charge is 0.255 e. The molecular weight excluding hydrogens is 236 g/mol. The fraction of sp³-hybridized carbons (Fsp3) is 0.250. The van der Waals surface area contributed by atoms with Crippen molar-refractivity contribution >= 4 is 5.91 Å². The molecule has 0 unspecified atom stereocenters. The molecule has 3 nitrogen and oxygen atoms in total. The van der Waals surface area contributed by atoms with E-state index in [1.165, 1.54) is 11.1 Å². The van der Waals surface area contributed by atoms with Crippen LogP contribution in [-0.4, -0.2) is 22.3 Å². The summed E-state index contributed by atoms with van der Waals surface area (Å²) in [5.41, 5.74) is 3.03. The Balaban J connectivity index is 2.17. The van der Waals surface area contributed by atoms with Gasteiger partial charge in [0.15, 0.2) is 0 Å². The van der Waals surface area contributed by atoms with Crippen molar-refractivity contribution in [3.8, 4) is 0 Å². The number of aromatic nitrogens is 1. The lowest BCUT2D eigenvalue weighted by Crippen LogP contribution is -2.30. The molecule has 3 heteroatoms. The van der Waals surface area contributed by atoms with Crippen LogP contribution in [0.3, 0.4) is 0 Å². The second-order valence-corrected chi connectivity index (χ2v) is 4.49. The first kappa shape index (κ1) is 13.3. The number of hydrogen-bond donors (Lipinski definition) is 0. The van der Waals surface area contributed by atoms with Crippen molar-refractivity contribution in [3.05, 3.63) is 65.5 Å². The Morgan fingerprint density at radius 1 is 1.21 bits per heavy atom. The van der Waals surface area contributed by atoms with E-state index in [0.29, 0.717) is 18.7 Å². The Hall–Kier alpha value is -2.16. The van der Waals surface area contributed by atoms with E-state index >= 15 is 0 Å². The zero-order chi connectivity index (χ0) is 13.7. The summed E-state index contributed by atoms with van der Waals surface area (Å²) in [5.74, 6) is 0.0267. The molecule has 0 aliphatic rings. The Kier molecular flexibility index (Phi) is 4.29. The largest absolute Gasteiger partial charge is 0.335 e. The van der Waals surface area contributed by atoms with E-state index in [1.54, 1.807) is 24.5 Å². The number of hydrogen-bond acceptors (Lipinski definition) is 2. The fourth-order valence-electron chi connectivity index (χ4n) is 1.99. The third-order valence-electron chi connectivity index (χ3n) is 3.20. The van der Waals surface area contributed by atoms with E-state index < -0.39 is 0 Å². The molecular formula is C16H18N2O. The molecule has 0 aliphatic carbocycles. The summed E-state index contributed by atoms with van der Waals surface area (Å²) in [6.45, 7) is 5.38. The van der Waals surface area contributed by atoms with Crippen LogP contribution in [0.15, 0.2) is 48.8 Å². The maximum Gasteiger partial charge on any atom is 0.255 e. The number of rotatable bonds is 4. The molecule has 1 heterocycles. The zero-order valence-corrected chi connectivity index (χ0v) is 11.3. The molecule has 1 aromatic carbocycles. The fourth-order valence-corrected chi connectivity index (χ4v) is 1.99. The van der Waals surface area contributed by atoms with Crippen molar-refractivity contribution in [2.24, 2.45) is 0 Å². The molecule has 0 saturated heterocycles. The number of benzene rings is 1. The van der Waals surface area contributed by atoms with E-state index in [9.17, 15) is 4.79 Å². The molecule has 0 N–H and O–H groups in total. The highest BCUT2D eigenvalue weighted by molar-refractivity contribution is 5.93. The van der Waals surface area contributed by atoms with E-state index in [0.717, 1.165) is 0 Å². The molecule has 0 aliphatic heterocycles. The Morgan fingerprint density at radius 3 is 2.63 bits per heavy atom. The van der Waals surface area contributed by atoms with Crippen molar-refractivity contribution in [2.75, 3.05) is 6.54 Å². The number of carbonyl (C=O) groups is 1. The number of amides is 1. The topological polar surface area (TPSA) is 33.2 Å². The molecule has 0 saturated carbocycles. The molecule has 0 bridgehead atoms. The summed E-state index contributed by atoms with van der Waals surface area (Å²) in [5, 5.41) is 0. The van der Waals surface area contributed by atoms with Crippen LogP contribution in [0, 0.1) is 6.92 Å². The molecule has 0 radical (unpaired) electrons. The first-order valence-electron chi connectivity index (χ1n) is 6.46. The number of carbonyl (C=O) groups excluding carboxylic acids is 1. The van der Waals surface area contributed by atoms with Gasteiger partial charge in [-0.25, -0.2) is 0 Å². The first-order valence-corrected chi connectivity index (χ1v) is 6.46. The second-order valence-electron chi connectivity index (χ2n) is 4.49. The summed E-state index contributed by atoms with van der Waals surface area (Å²) in [7, 11) is 0. The molecule has 1 aromatic heterocycles. The number of nitrogens with zero attached hydrogens (tertiary/aromatic N) is 2. The monoisotopic (exact) mass is 254 g/mol. The third-order valence-corrected chi connectivity index (χ3v) is 3.20. The van der Waals surface area contributed by atoms with Crippen LogP contribution in [0.4, 0.5) is 0 Å². The van der Waals surface area contributed by atoms with E-state index in [1.807, 2.05) is 24.0 Å². The quantitative estimate of drug-likeness (QED) is 0.840. The van der Waals surface area contributed by atoms with E-state index in [-0.39, 0.29) is 5.91 Å². The van der Waals surface area contributed by atoms with Crippen LogP contribution in [0.5, 0.6) is 0 Å². The molecule has 98 valence electrons. The Morgan fingerprint density at radius 2 is 2.00 bits per heavy atom. The van der Waals surface area contributed by atoms with Crippen molar-refractivity contribution in [1.29, 1.82) is 0 Å². The van der Waals surface area contributed by atoms with E-state index in [2.05, 4.69) is 24.0 Å². The van der Waals surface area contributed by atoms with Crippen LogP contribution >= 0.6 is 0 Å². The van der Waals surface area contributed by atoms with Gasteiger partial charge in [0.1, 0.15) is 0 Å². The number of aryl methyl sites for hydroxylation is 1. The second kappa shape index (κ2) is 6.14. The minimum absolute atomic E-state index is 0.0267. The summed E-state index contributed by atoms with van der Waals surface area (Å²) < 4.78 is 0. The summed E-state index contributed by atoms with van der Waals surface area (Å²) in [6, 6.07) is 11.7. The van der Waals surface area contributed by atoms with Crippen molar-refractivity contribution in [2.45, 2.75) is 20.4 Å². The molecule has 0 spiro atoms. The summed E-state index contributed by atoms with van der Waals surface area (Å²) in [6.07, 6.45) is 3.29.